The highest BCUT2D eigenvalue weighted by molar-refractivity contribution is 6.06. The Kier molecular flexibility index (Phi) is 4.92. The van der Waals surface area contributed by atoms with Crippen LogP contribution in [0.25, 0.3) is 21.9 Å². The van der Waals surface area contributed by atoms with Crippen LogP contribution < -0.4 is 10.5 Å². The number of rotatable bonds is 7. The molecule has 5 heteroatoms. The average molecular weight is 360 g/mol. The highest BCUT2D eigenvalue weighted by Gasteiger charge is 2.17. The number of para-hydroxylation sites is 2. The van der Waals surface area contributed by atoms with Crippen LogP contribution in [0.2, 0.25) is 0 Å². The molecule has 0 fully saturated rings. The van der Waals surface area contributed by atoms with Crippen molar-refractivity contribution >= 4 is 27.8 Å². The minimum atomic E-state index is 0.490. The molecule has 0 aliphatic heterocycles. The van der Waals surface area contributed by atoms with Gasteiger partial charge in [-0.15, -0.1) is 0 Å². The third kappa shape index (κ3) is 3.45. The molecule has 0 aliphatic rings. The van der Waals surface area contributed by atoms with Gasteiger partial charge in [-0.25, -0.2) is 9.97 Å². The summed E-state index contributed by atoms with van der Waals surface area (Å²) in [6.07, 6.45) is 3.14. The molecule has 0 saturated heterocycles. The quantitative estimate of drug-likeness (QED) is 0.523. The summed E-state index contributed by atoms with van der Waals surface area (Å²) in [4.78, 5) is 9.38. The third-order valence-electron chi connectivity index (χ3n) is 4.77. The molecule has 0 spiro atoms. The number of aryl methyl sites for hydroxylation is 1. The van der Waals surface area contributed by atoms with Gasteiger partial charge in [-0.2, -0.15) is 0 Å². The van der Waals surface area contributed by atoms with Crippen molar-refractivity contribution in [3.8, 4) is 5.75 Å². The van der Waals surface area contributed by atoms with E-state index in [1.54, 1.807) is 0 Å². The number of hydrogen-bond acceptors (Lipinski definition) is 4. The van der Waals surface area contributed by atoms with Gasteiger partial charge in [0.15, 0.2) is 5.82 Å². The van der Waals surface area contributed by atoms with Crippen LogP contribution in [-0.2, 0) is 13.0 Å². The fourth-order valence-electron chi connectivity index (χ4n) is 3.44. The van der Waals surface area contributed by atoms with E-state index in [1.165, 1.54) is 0 Å². The number of nitrogen functional groups attached to an aromatic ring is 1. The smallest absolute Gasteiger partial charge is 0.152 e. The Labute approximate surface area is 158 Å². The number of benzene rings is 2. The molecule has 0 unspecified atom stereocenters. The van der Waals surface area contributed by atoms with Crippen LogP contribution in [0.15, 0.2) is 54.6 Å². The molecule has 4 rings (SSSR count). The van der Waals surface area contributed by atoms with Crippen molar-refractivity contribution in [1.82, 2.24) is 14.5 Å². The van der Waals surface area contributed by atoms with Crippen LogP contribution in [0, 0.1) is 0 Å². The van der Waals surface area contributed by atoms with Gasteiger partial charge < -0.3 is 15.0 Å². The molecule has 2 N–H and O–H groups in total. The Bertz CT molecular complexity index is 1060. The highest BCUT2D eigenvalue weighted by Crippen LogP contribution is 2.29. The molecule has 0 amide bonds. The summed E-state index contributed by atoms with van der Waals surface area (Å²) in [6, 6.07) is 18.0. The summed E-state index contributed by atoms with van der Waals surface area (Å²) in [7, 11) is 0. The number of nitrogens with zero attached hydrogens (tertiary/aromatic N) is 3. The first-order valence-corrected chi connectivity index (χ1v) is 9.49. The lowest BCUT2D eigenvalue weighted by atomic mass is 10.2. The largest absolute Gasteiger partial charge is 0.492 e. The second-order valence-corrected chi connectivity index (χ2v) is 6.66. The van der Waals surface area contributed by atoms with Crippen molar-refractivity contribution in [2.75, 3.05) is 12.3 Å². The third-order valence-corrected chi connectivity index (χ3v) is 4.77. The van der Waals surface area contributed by atoms with Gasteiger partial charge in [0, 0.05) is 11.8 Å². The van der Waals surface area contributed by atoms with E-state index in [-0.39, 0.29) is 0 Å². The van der Waals surface area contributed by atoms with Crippen molar-refractivity contribution in [3.63, 3.8) is 0 Å². The van der Waals surface area contributed by atoms with Crippen LogP contribution >= 0.6 is 0 Å². The Morgan fingerprint density at radius 2 is 1.78 bits per heavy atom. The standard InChI is InChI=1S/C22H24N4O/c1-2-3-13-19-25-20-21(17-11-7-8-12-18(17)24-22(20)23)26(19)14-15-27-16-9-5-4-6-10-16/h4-12H,2-3,13-15H2,1H3,(H2,23,24). The van der Waals surface area contributed by atoms with Gasteiger partial charge in [-0.1, -0.05) is 49.7 Å². The molecule has 4 aromatic rings. The van der Waals surface area contributed by atoms with Crippen LogP contribution in [0.4, 0.5) is 5.82 Å². The zero-order valence-electron chi connectivity index (χ0n) is 15.6. The highest BCUT2D eigenvalue weighted by atomic mass is 16.5. The molecule has 138 valence electrons. The summed E-state index contributed by atoms with van der Waals surface area (Å²) in [5.74, 6) is 2.42. The second kappa shape index (κ2) is 7.66. The molecule has 5 nitrogen and oxygen atoms in total. The fourth-order valence-corrected chi connectivity index (χ4v) is 3.44. The summed E-state index contributed by atoms with van der Waals surface area (Å²) >= 11 is 0. The van der Waals surface area contributed by atoms with E-state index >= 15 is 0 Å². The van der Waals surface area contributed by atoms with Gasteiger partial charge in [0.25, 0.3) is 0 Å². The summed E-state index contributed by atoms with van der Waals surface area (Å²) in [5.41, 5.74) is 8.98. The van der Waals surface area contributed by atoms with Gasteiger partial charge in [-0.3, -0.25) is 0 Å². The van der Waals surface area contributed by atoms with E-state index < -0.39 is 0 Å². The Morgan fingerprint density at radius 3 is 2.59 bits per heavy atom. The number of fused-ring (bicyclic) bond motifs is 3. The molecule has 0 bridgehead atoms. The molecule has 2 heterocycles. The van der Waals surface area contributed by atoms with E-state index in [1.807, 2.05) is 48.5 Å². The summed E-state index contributed by atoms with van der Waals surface area (Å²) < 4.78 is 8.19. The predicted octanol–water partition coefficient (Wildman–Crippen LogP) is 4.59. The van der Waals surface area contributed by atoms with E-state index in [0.717, 1.165) is 59.3 Å². The number of ether oxygens (including phenoxy) is 1. The maximum absolute atomic E-state index is 6.23. The minimum Gasteiger partial charge on any atom is -0.492 e. The normalized spacial score (nSPS) is 11.3. The number of pyridine rings is 1. The van der Waals surface area contributed by atoms with Crippen molar-refractivity contribution < 1.29 is 4.74 Å². The van der Waals surface area contributed by atoms with Gasteiger partial charge in [0.05, 0.1) is 17.6 Å². The lowest BCUT2D eigenvalue weighted by Gasteiger charge is -2.12. The maximum Gasteiger partial charge on any atom is 0.152 e. The van der Waals surface area contributed by atoms with Crippen LogP contribution in [0.1, 0.15) is 25.6 Å². The Morgan fingerprint density at radius 1 is 1.00 bits per heavy atom. The van der Waals surface area contributed by atoms with E-state index in [0.29, 0.717) is 12.4 Å². The molecule has 2 aromatic carbocycles. The minimum absolute atomic E-state index is 0.490. The molecular weight excluding hydrogens is 336 g/mol. The number of unbranched alkanes of at least 4 members (excludes halogenated alkanes) is 1. The van der Waals surface area contributed by atoms with Crippen molar-refractivity contribution in [2.24, 2.45) is 0 Å². The van der Waals surface area contributed by atoms with Gasteiger partial charge >= 0.3 is 0 Å². The SMILES string of the molecule is CCCCc1nc2c(N)nc3ccccc3c2n1CCOc1ccccc1. The molecule has 0 atom stereocenters. The number of aromatic nitrogens is 3. The zero-order chi connectivity index (χ0) is 18.6. The number of imidazole rings is 1. The van der Waals surface area contributed by atoms with Crippen LogP contribution in [-0.4, -0.2) is 21.1 Å². The molecule has 0 aliphatic carbocycles. The number of nitrogens with two attached hydrogens (primary N) is 1. The second-order valence-electron chi connectivity index (χ2n) is 6.66. The first-order chi connectivity index (χ1) is 13.3. The maximum atomic E-state index is 6.23. The Hall–Kier alpha value is -3.08. The fraction of sp³-hybridized carbons (Fsp3) is 0.273. The lowest BCUT2D eigenvalue weighted by Crippen LogP contribution is -2.11. The lowest BCUT2D eigenvalue weighted by molar-refractivity contribution is 0.298. The van der Waals surface area contributed by atoms with E-state index in [4.69, 9.17) is 15.5 Å². The topological polar surface area (TPSA) is 66.0 Å². The molecule has 27 heavy (non-hydrogen) atoms. The first-order valence-electron chi connectivity index (χ1n) is 9.49. The van der Waals surface area contributed by atoms with Crippen molar-refractivity contribution in [3.05, 3.63) is 60.4 Å². The monoisotopic (exact) mass is 360 g/mol. The van der Waals surface area contributed by atoms with E-state index in [9.17, 15) is 0 Å². The van der Waals surface area contributed by atoms with Gasteiger partial charge in [-0.05, 0) is 24.6 Å². The van der Waals surface area contributed by atoms with Gasteiger partial charge in [0.2, 0.25) is 0 Å². The molecule has 0 radical (unpaired) electrons. The van der Waals surface area contributed by atoms with Crippen LogP contribution in [0.3, 0.4) is 0 Å². The number of anilines is 1. The first kappa shape index (κ1) is 17.3. The van der Waals surface area contributed by atoms with E-state index in [2.05, 4.69) is 22.5 Å². The van der Waals surface area contributed by atoms with Crippen molar-refractivity contribution in [1.29, 1.82) is 0 Å². The average Bonchev–Trinajstić information content (AvgIpc) is 3.07. The van der Waals surface area contributed by atoms with Crippen molar-refractivity contribution in [2.45, 2.75) is 32.7 Å². The Balaban J connectivity index is 1.75. The van der Waals surface area contributed by atoms with Gasteiger partial charge in [0.1, 0.15) is 23.7 Å². The zero-order valence-corrected chi connectivity index (χ0v) is 15.6. The van der Waals surface area contributed by atoms with Crippen LogP contribution in [0.5, 0.6) is 5.75 Å². The summed E-state index contributed by atoms with van der Waals surface area (Å²) in [5, 5.41) is 1.08. The predicted molar refractivity (Wildman–Crippen MR) is 110 cm³/mol. The molecule has 2 aromatic heterocycles. The molecule has 0 saturated carbocycles. The summed E-state index contributed by atoms with van der Waals surface area (Å²) in [6.45, 7) is 3.49. The molecular formula is C22H24N4O. The number of hydrogen-bond donors (Lipinski definition) is 1.